The van der Waals surface area contributed by atoms with Crippen LogP contribution in [0.3, 0.4) is 0 Å². The van der Waals surface area contributed by atoms with Gasteiger partial charge in [0.2, 0.25) is 4.77 Å². The molecule has 0 saturated heterocycles. The van der Waals surface area contributed by atoms with Gasteiger partial charge in [-0.3, -0.25) is 4.79 Å². The van der Waals surface area contributed by atoms with E-state index in [-0.39, 0.29) is 21.4 Å². The van der Waals surface area contributed by atoms with E-state index in [1.807, 2.05) is 0 Å². The van der Waals surface area contributed by atoms with Crippen molar-refractivity contribution in [3.8, 4) is 0 Å². The van der Waals surface area contributed by atoms with Gasteiger partial charge in [0, 0.05) is 18.3 Å². The number of fused-ring (bicyclic) bond motifs is 1. The van der Waals surface area contributed by atoms with E-state index in [4.69, 9.17) is 12.2 Å². The Hall–Kier alpha value is -1.70. The van der Waals surface area contributed by atoms with E-state index in [0.29, 0.717) is 6.54 Å². The van der Waals surface area contributed by atoms with Crippen LogP contribution in [0.5, 0.6) is 0 Å². The number of alkyl halides is 3. The molecular weight excluding hydrogens is 279 g/mol. The zero-order chi connectivity index (χ0) is 14.4. The van der Waals surface area contributed by atoms with Gasteiger partial charge in [-0.1, -0.05) is 0 Å². The summed E-state index contributed by atoms with van der Waals surface area (Å²) in [6, 6.07) is 0. The van der Waals surface area contributed by atoms with Gasteiger partial charge in [-0.2, -0.15) is 13.2 Å². The molecule has 0 atom stereocenters. The normalized spacial score (nSPS) is 12.1. The quantitative estimate of drug-likeness (QED) is 0.821. The molecule has 2 aromatic heterocycles. The van der Waals surface area contributed by atoms with Gasteiger partial charge >= 0.3 is 6.18 Å². The standard InChI is InChI=1S/C11H10F3N3OS/c1-3-17-4-6-7(18)5(2)8(11(12,13)14)15-9(6)16-10(17)19/h4H,3H2,1-2H3,(H,15,16,19). The zero-order valence-corrected chi connectivity index (χ0v) is 10.9. The fourth-order valence-corrected chi connectivity index (χ4v) is 2.06. The second kappa shape index (κ2) is 4.44. The van der Waals surface area contributed by atoms with Gasteiger partial charge in [0.1, 0.15) is 11.3 Å². The van der Waals surface area contributed by atoms with Crippen molar-refractivity contribution in [2.45, 2.75) is 26.6 Å². The summed E-state index contributed by atoms with van der Waals surface area (Å²) >= 11 is 4.94. The molecule has 8 heteroatoms. The topological polar surface area (TPSA) is 50.7 Å². The second-order valence-corrected chi connectivity index (χ2v) is 4.39. The van der Waals surface area contributed by atoms with E-state index < -0.39 is 17.3 Å². The minimum Gasteiger partial charge on any atom is -0.335 e. The fourth-order valence-electron chi connectivity index (χ4n) is 1.79. The average molecular weight is 289 g/mol. The lowest BCUT2D eigenvalue weighted by atomic mass is 10.1. The minimum atomic E-state index is -4.63. The molecule has 102 valence electrons. The van der Waals surface area contributed by atoms with Crippen LogP contribution in [-0.4, -0.2) is 14.5 Å². The third-order valence-corrected chi connectivity index (χ3v) is 3.15. The van der Waals surface area contributed by atoms with Crippen molar-refractivity contribution >= 4 is 23.3 Å². The van der Waals surface area contributed by atoms with Crippen molar-refractivity contribution in [2.24, 2.45) is 0 Å². The third kappa shape index (κ3) is 2.27. The first-order valence-corrected chi connectivity index (χ1v) is 5.87. The molecule has 0 spiro atoms. The van der Waals surface area contributed by atoms with Crippen LogP contribution in [0.4, 0.5) is 13.2 Å². The van der Waals surface area contributed by atoms with E-state index in [9.17, 15) is 18.0 Å². The Balaban J connectivity index is 2.93. The summed E-state index contributed by atoms with van der Waals surface area (Å²) in [5.41, 5.74) is -2.29. The number of hydrogen-bond acceptors (Lipinski definition) is 3. The van der Waals surface area contributed by atoms with E-state index >= 15 is 0 Å². The maximum atomic E-state index is 12.8. The molecule has 0 fully saturated rings. The molecular formula is C11H10F3N3OS. The fraction of sp³-hybridized carbons (Fsp3) is 0.364. The summed E-state index contributed by atoms with van der Waals surface area (Å²) in [7, 11) is 0. The predicted molar refractivity (Wildman–Crippen MR) is 66.6 cm³/mol. The Kier molecular flexibility index (Phi) is 3.21. The van der Waals surface area contributed by atoms with Crippen LogP contribution in [-0.2, 0) is 12.7 Å². The smallest absolute Gasteiger partial charge is 0.335 e. The van der Waals surface area contributed by atoms with Crippen LogP contribution in [0.2, 0.25) is 0 Å². The first kappa shape index (κ1) is 13.7. The molecule has 0 bridgehead atoms. The van der Waals surface area contributed by atoms with Crippen molar-refractivity contribution in [3.63, 3.8) is 0 Å². The summed E-state index contributed by atoms with van der Waals surface area (Å²) in [6.45, 7) is 3.43. The van der Waals surface area contributed by atoms with Crippen LogP contribution in [0.1, 0.15) is 18.2 Å². The molecule has 2 heterocycles. The highest BCUT2D eigenvalue weighted by Gasteiger charge is 2.35. The minimum absolute atomic E-state index is 0.0981. The van der Waals surface area contributed by atoms with Gasteiger partial charge in [0.25, 0.3) is 0 Å². The Labute approximate surface area is 110 Å². The molecule has 2 aromatic rings. The van der Waals surface area contributed by atoms with Gasteiger partial charge in [0.05, 0.1) is 5.39 Å². The highest BCUT2D eigenvalue weighted by molar-refractivity contribution is 7.71. The molecule has 1 N–H and O–H groups in total. The number of nitrogens with one attached hydrogen (secondary N) is 1. The number of pyridine rings is 1. The molecule has 19 heavy (non-hydrogen) atoms. The molecule has 0 aromatic carbocycles. The second-order valence-electron chi connectivity index (χ2n) is 4.02. The summed E-state index contributed by atoms with van der Waals surface area (Å²) in [5.74, 6) is 0. The van der Waals surface area contributed by atoms with Gasteiger partial charge in [-0.05, 0) is 26.1 Å². The van der Waals surface area contributed by atoms with Gasteiger partial charge in [-0.15, -0.1) is 0 Å². The summed E-state index contributed by atoms with van der Waals surface area (Å²) in [4.78, 5) is 18.0. The van der Waals surface area contributed by atoms with Gasteiger partial charge in [0.15, 0.2) is 5.43 Å². The van der Waals surface area contributed by atoms with Crippen LogP contribution in [0.25, 0.3) is 11.0 Å². The van der Waals surface area contributed by atoms with Crippen molar-refractivity contribution in [1.29, 1.82) is 0 Å². The lowest BCUT2D eigenvalue weighted by Crippen LogP contribution is -2.20. The molecule has 4 nitrogen and oxygen atoms in total. The van der Waals surface area contributed by atoms with Crippen molar-refractivity contribution < 1.29 is 13.2 Å². The predicted octanol–water partition coefficient (Wildman–Crippen LogP) is 2.80. The SMILES string of the molecule is CCn1cc2c(=O)c(C)c(C(F)(F)F)[nH]c2nc1=S. The molecule has 2 rings (SSSR count). The highest BCUT2D eigenvalue weighted by Crippen LogP contribution is 2.29. The Bertz CT molecular complexity index is 761. The van der Waals surface area contributed by atoms with Crippen LogP contribution < -0.4 is 5.43 Å². The average Bonchev–Trinajstić information content (AvgIpc) is 2.31. The van der Waals surface area contributed by atoms with E-state index in [2.05, 4.69) is 9.97 Å². The maximum Gasteiger partial charge on any atom is 0.431 e. The van der Waals surface area contributed by atoms with Crippen molar-refractivity contribution in [3.05, 3.63) is 32.4 Å². The largest absolute Gasteiger partial charge is 0.431 e. The first-order valence-electron chi connectivity index (χ1n) is 5.47. The molecule has 0 unspecified atom stereocenters. The summed E-state index contributed by atoms with van der Waals surface area (Å²) in [5, 5.41) is 0.0981. The first-order chi connectivity index (χ1) is 8.75. The monoisotopic (exact) mass is 289 g/mol. The van der Waals surface area contributed by atoms with E-state index in [0.717, 1.165) is 6.92 Å². The third-order valence-electron chi connectivity index (χ3n) is 2.82. The van der Waals surface area contributed by atoms with Gasteiger partial charge < -0.3 is 9.55 Å². The zero-order valence-electron chi connectivity index (χ0n) is 10.1. The molecule has 0 aliphatic heterocycles. The lowest BCUT2D eigenvalue weighted by Gasteiger charge is -2.12. The maximum absolute atomic E-state index is 12.8. The molecule has 0 saturated carbocycles. The Morgan fingerprint density at radius 2 is 2.11 bits per heavy atom. The van der Waals surface area contributed by atoms with Crippen molar-refractivity contribution in [2.75, 3.05) is 0 Å². The summed E-state index contributed by atoms with van der Waals surface area (Å²) < 4.78 is 40.0. The number of aromatic nitrogens is 3. The summed E-state index contributed by atoms with van der Waals surface area (Å²) in [6.07, 6.45) is -3.20. The number of halogens is 3. The van der Waals surface area contributed by atoms with Crippen LogP contribution in [0.15, 0.2) is 11.0 Å². The molecule has 0 aliphatic rings. The van der Waals surface area contributed by atoms with E-state index in [1.54, 1.807) is 6.92 Å². The number of aryl methyl sites for hydroxylation is 1. The number of hydrogen-bond donors (Lipinski definition) is 1. The van der Waals surface area contributed by atoms with Gasteiger partial charge in [-0.25, -0.2) is 4.98 Å². The van der Waals surface area contributed by atoms with Crippen LogP contribution in [0, 0.1) is 11.7 Å². The number of rotatable bonds is 1. The number of aromatic amines is 1. The number of H-pyrrole nitrogens is 1. The number of nitrogens with zero attached hydrogens (tertiary/aromatic N) is 2. The van der Waals surface area contributed by atoms with E-state index in [1.165, 1.54) is 10.8 Å². The molecule has 0 aliphatic carbocycles. The Morgan fingerprint density at radius 3 is 2.63 bits per heavy atom. The molecule has 0 amide bonds. The Morgan fingerprint density at radius 1 is 1.47 bits per heavy atom. The van der Waals surface area contributed by atoms with Crippen molar-refractivity contribution in [1.82, 2.24) is 14.5 Å². The lowest BCUT2D eigenvalue weighted by molar-refractivity contribution is -0.141. The molecule has 0 radical (unpaired) electrons. The highest BCUT2D eigenvalue weighted by atomic mass is 32.1. The van der Waals surface area contributed by atoms with Crippen LogP contribution >= 0.6 is 12.2 Å².